The maximum atomic E-state index is 14.1. The Balaban J connectivity index is 0.000000211. The van der Waals surface area contributed by atoms with Crippen molar-refractivity contribution in [1.29, 1.82) is 0 Å². The number of para-hydroxylation sites is 2. The Labute approximate surface area is 431 Å². The summed E-state index contributed by atoms with van der Waals surface area (Å²) < 4.78 is 68.1. The monoisotopic (exact) mass is 1020 g/mol. The van der Waals surface area contributed by atoms with Crippen molar-refractivity contribution < 1.29 is 35.9 Å². The number of benzene rings is 4. The number of unbranched alkanes of at least 4 members (excludes halogenated alkanes) is 4. The molecule has 72 heavy (non-hydrogen) atoms. The van der Waals surface area contributed by atoms with E-state index in [1.807, 2.05) is 48.5 Å². The number of carbonyl (C=O) groups is 2. The van der Waals surface area contributed by atoms with Crippen LogP contribution < -0.4 is 19.3 Å². The van der Waals surface area contributed by atoms with Crippen molar-refractivity contribution in [1.82, 2.24) is 0 Å². The fraction of sp³-hybridized carbons (Fsp3) is 0.500. The molecule has 2 aliphatic carbocycles. The number of rotatable bonds is 22. The van der Waals surface area contributed by atoms with Gasteiger partial charge in [0.2, 0.25) is 0 Å². The van der Waals surface area contributed by atoms with Crippen molar-refractivity contribution in [3.8, 4) is 11.5 Å². The number of allylic oxidation sites excluding steroid dienone is 2. The van der Waals surface area contributed by atoms with Gasteiger partial charge in [0.05, 0.1) is 45.2 Å². The third-order valence-electron chi connectivity index (χ3n) is 14.8. The fourth-order valence-electron chi connectivity index (χ4n) is 10.7. The molecule has 2 aliphatic heterocycles. The third-order valence-corrected chi connectivity index (χ3v) is 18.8. The summed E-state index contributed by atoms with van der Waals surface area (Å²) in [6, 6.07) is 27.9. The molecule has 0 N–H and O–H groups in total. The number of anilines is 4. The van der Waals surface area contributed by atoms with Gasteiger partial charge in [0, 0.05) is 59.6 Å². The van der Waals surface area contributed by atoms with Crippen LogP contribution in [0.5, 0.6) is 11.5 Å². The van der Waals surface area contributed by atoms with Gasteiger partial charge in [-0.2, -0.15) is 0 Å². The average Bonchev–Trinajstić information content (AvgIpc) is 4.30. The van der Waals surface area contributed by atoms with Crippen molar-refractivity contribution in [3.63, 3.8) is 0 Å². The molecule has 8 rings (SSSR count). The fourth-order valence-corrected chi connectivity index (χ4v) is 15.0. The number of hydrogen-bond donors (Lipinski definition) is 0. The molecule has 10 nitrogen and oxygen atoms in total. The first kappa shape index (κ1) is 54.6. The summed E-state index contributed by atoms with van der Waals surface area (Å²) in [5.74, 6) is 1.84. The molecule has 4 aliphatic rings. The first-order chi connectivity index (χ1) is 34.6. The van der Waals surface area contributed by atoms with Crippen LogP contribution >= 0.6 is 0 Å². The van der Waals surface area contributed by atoms with Crippen LogP contribution in [0, 0.1) is 10.8 Å². The lowest BCUT2D eigenvalue weighted by molar-refractivity contribution is -0.113. The number of fused-ring (bicyclic) bond motifs is 2. The molecule has 0 amide bonds. The molecule has 0 atom stereocenters. The van der Waals surface area contributed by atoms with Crippen LogP contribution in [0.1, 0.15) is 167 Å². The zero-order chi connectivity index (χ0) is 51.5. The number of ketones is 2. The van der Waals surface area contributed by atoms with E-state index in [9.17, 15) is 26.4 Å². The minimum Gasteiger partial charge on any atom is -0.465 e. The van der Waals surface area contributed by atoms with E-state index in [1.54, 1.807) is 12.1 Å². The number of hydrogen-bond acceptors (Lipinski definition) is 10. The van der Waals surface area contributed by atoms with Crippen molar-refractivity contribution in [3.05, 3.63) is 121 Å². The Morgan fingerprint density at radius 1 is 0.542 bits per heavy atom. The Morgan fingerprint density at radius 2 is 0.875 bits per heavy atom. The Bertz CT molecular complexity index is 2570. The molecule has 2 saturated carbocycles. The van der Waals surface area contributed by atoms with E-state index in [0.29, 0.717) is 46.2 Å². The number of nitrogens with zero attached hydrogens (tertiary/aromatic N) is 2. The Hall–Kier alpha value is -5.20. The van der Waals surface area contributed by atoms with Gasteiger partial charge in [-0.3, -0.25) is 9.59 Å². The number of sulfone groups is 2. The van der Waals surface area contributed by atoms with Gasteiger partial charge < -0.3 is 19.3 Å². The normalized spacial score (nSPS) is 18.6. The molecule has 4 aromatic rings. The minimum atomic E-state index is -3.59. The van der Waals surface area contributed by atoms with E-state index in [2.05, 4.69) is 61.8 Å². The summed E-state index contributed by atoms with van der Waals surface area (Å²) >= 11 is 0. The van der Waals surface area contributed by atoms with Gasteiger partial charge in [0.25, 0.3) is 0 Å². The largest absolute Gasteiger partial charge is 0.465 e. The molecule has 0 unspecified atom stereocenters. The zero-order valence-electron chi connectivity index (χ0n) is 43.7. The van der Waals surface area contributed by atoms with Crippen LogP contribution in [-0.2, 0) is 29.3 Å². The highest BCUT2D eigenvalue weighted by Crippen LogP contribution is 2.53. The summed E-state index contributed by atoms with van der Waals surface area (Å²) in [5.41, 5.74) is 4.92. The van der Waals surface area contributed by atoms with Crippen LogP contribution in [0.15, 0.2) is 119 Å². The van der Waals surface area contributed by atoms with Crippen molar-refractivity contribution in [2.45, 2.75) is 166 Å². The molecule has 0 radical (unpaired) electrons. The van der Waals surface area contributed by atoms with Gasteiger partial charge in [-0.05, 0) is 125 Å². The van der Waals surface area contributed by atoms with Gasteiger partial charge in [0.1, 0.15) is 11.5 Å². The topological polar surface area (TPSA) is 127 Å². The second-order valence-corrected chi connectivity index (χ2v) is 25.0. The number of ether oxygens (including phenoxy) is 2. The van der Waals surface area contributed by atoms with Crippen LogP contribution in [0.4, 0.5) is 22.7 Å². The second kappa shape index (κ2) is 24.2. The van der Waals surface area contributed by atoms with Crippen molar-refractivity contribution in [2.24, 2.45) is 10.8 Å². The summed E-state index contributed by atoms with van der Waals surface area (Å²) in [6.45, 7) is 13.0. The SMILES string of the molecule is CCCCC1(CCCC)CN(c2ccccc2)c2cc(C3CC3)c(O/C=C/C(C)=O)cc2S(=O)(=O)C1.CCCCC1(CCCC)CN(c2ccccc2)c2cc(C3CC3)c(O/C=C\C(C)=O)cc2S(=O)(=O)C1. The average molecular weight is 1020 g/mol. The highest BCUT2D eigenvalue weighted by atomic mass is 32.2. The summed E-state index contributed by atoms with van der Waals surface area (Å²) in [4.78, 5) is 28.0. The zero-order valence-corrected chi connectivity index (χ0v) is 45.3. The smallest absolute Gasteiger partial charge is 0.181 e. The molecule has 0 aromatic heterocycles. The molecule has 4 aromatic carbocycles. The van der Waals surface area contributed by atoms with Gasteiger partial charge in [-0.25, -0.2) is 16.8 Å². The minimum absolute atomic E-state index is 0.114. The second-order valence-electron chi connectivity index (χ2n) is 21.1. The van der Waals surface area contributed by atoms with E-state index in [1.165, 1.54) is 38.5 Å². The van der Waals surface area contributed by atoms with Crippen LogP contribution in [0.3, 0.4) is 0 Å². The summed E-state index contributed by atoms with van der Waals surface area (Å²) in [7, 11) is -7.17. The van der Waals surface area contributed by atoms with Gasteiger partial charge in [-0.1, -0.05) is 115 Å². The van der Waals surface area contributed by atoms with Gasteiger partial charge in [0.15, 0.2) is 31.2 Å². The van der Waals surface area contributed by atoms with Crippen LogP contribution in [0.25, 0.3) is 0 Å². The molecule has 0 bridgehead atoms. The maximum Gasteiger partial charge on any atom is 0.181 e. The van der Waals surface area contributed by atoms with Crippen LogP contribution in [0.2, 0.25) is 0 Å². The Kier molecular flexibility index (Phi) is 18.4. The standard InChI is InChI=1S/2C30H39NO4S/c2*1-4-6-16-30(17-7-5-2)21-31(25-11-9-8-10-12-25)27-19-26(24-13-14-24)28(35-18-15-23(3)32)20-29(27)36(33,34)22-30/h2*8-12,15,18-20,24H,4-7,13-14,16-17,21-22H2,1-3H3/b18-15+;18-15-. The predicted octanol–water partition coefficient (Wildman–Crippen LogP) is 14.7. The van der Waals surface area contributed by atoms with Crippen molar-refractivity contribution >= 4 is 54.0 Å². The molecule has 2 fully saturated rings. The van der Waals surface area contributed by atoms with Crippen molar-refractivity contribution in [2.75, 3.05) is 34.4 Å². The van der Waals surface area contributed by atoms with E-state index in [0.717, 1.165) is 137 Å². The van der Waals surface area contributed by atoms with E-state index < -0.39 is 19.7 Å². The molecular weight excluding hydrogens is 941 g/mol. The molecule has 0 saturated heterocycles. The molecule has 2 heterocycles. The predicted molar refractivity (Wildman–Crippen MR) is 292 cm³/mol. The van der Waals surface area contributed by atoms with Gasteiger partial charge in [-0.15, -0.1) is 0 Å². The first-order valence-electron chi connectivity index (χ1n) is 26.7. The highest BCUT2D eigenvalue weighted by Gasteiger charge is 2.45. The quantitative estimate of drug-likeness (QED) is 0.0554. The maximum absolute atomic E-state index is 14.1. The van der Waals surface area contributed by atoms with Gasteiger partial charge >= 0.3 is 0 Å². The van der Waals surface area contributed by atoms with E-state index in [-0.39, 0.29) is 33.9 Å². The van der Waals surface area contributed by atoms with E-state index >= 15 is 0 Å². The lowest BCUT2D eigenvalue weighted by atomic mass is 9.79. The molecule has 12 heteroatoms. The summed E-state index contributed by atoms with van der Waals surface area (Å²) in [6.07, 6.45) is 21.5. The lowest BCUT2D eigenvalue weighted by Gasteiger charge is -2.37. The first-order valence-corrected chi connectivity index (χ1v) is 30.0. The van der Waals surface area contributed by atoms with E-state index in [4.69, 9.17) is 9.47 Å². The molecular formula is C60H78N2O8S2. The highest BCUT2D eigenvalue weighted by molar-refractivity contribution is 7.92. The molecule has 0 spiro atoms. The third kappa shape index (κ3) is 13.7. The summed E-state index contributed by atoms with van der Waals surface area (Å²) in [5, 5.41) is 0. The Morgan fingerprint density at radius 3 is 1.17 bits per heavy atom. The lowest BCUT2D eigenvalue weighted by Crippen LogP contribution is -2.38. The molecule has 388 valence electrons. The van der Waals surface area contributed by atoms with Crippen LogP contribution in [-0.4, -0.2) is 53.0 Å². The number of carbonyl (C=O) groups excluding carboxylic acids is 2.